The van der Waals surface area contributed by atoms with Crippen LogP contribution in [0.25, 0.3) is 0 Å². The standard InChI is InChI=1S/C33H47N3O10/c1-31(2,3)46-30(40)36(19-10-5-4-9-18-34-29(39)25-11-7-6-8-12-25)20-17-28(38)35-26-13-15-27(16-14-26)45-33(43)32(41,42)21-24(22-37)23-44-33/h6-8,11-16,24,37,41-43H,4-5,9-10,17-23H2,1-3H3,(H,34,39)(H,35,38). The Morgan fingerprint density at radius 1 is 0.957 bits per heavy atom. The lowest BCUT2D eigenvalue weighted by molar-refractivity contribution is -0.469. The molecule has 0 spiro atoms. The first-order valence-electron chi connectivity index (χ1n) is 15.5. The molecule has 1 aliphatic rings. The number of benzene rings is 2. The minimum atomic E-state index is -2.76. The highest BCUT2D eigenvalue weighted by atomic mass is 16.8. The van der Waals surface area contributed by atoms with Crippen LogP contribution in [0, 0.1) is 5.92 Å². The van der Waals surface area contributed by atoms with E-state index in [0.717, 1.165) is 19.3 Å². The largest absolute Gasteiger partial charge is 0.444 e. The van der Waals surface area contributed by atoms with Crippen molar-refractivity contribution >= 4 is 23.6 Å². The van der Waals surface area contributed by atoms with Crippen LogP contribution in [0.4, 0.5) is 10.5 Å². The fraction of sp³-hybridized carbons (Fsp3) is 0.545. The van der Waals surface area contributed by atoms with Crippen molar-refractivity contribution in [3.8, 4) is 5.75 Å². The van der Waals surface area contributed by atoms with Gasteiger partial charge in [-0.25, -0.2) is 4.79 Å². The van der Waals surface area contributed by atoms with E-state index in [1.807, 2.05) is 18.2 Å². The zero-order chi connectivity index (χ0) is 33.8. The van der Waals surface area contributed by atoms with Crippen LogP contribution in [0.15, 0.2) is 54.6 Å². The maximum Gasteiger partial charge on any atom is 0.410 e. The van der Waals surface area contributed by atoms with E-state index in [1.165, 1.54) is 29.2 Å². The second-order valence-electron chi connectivity index (χ2n) is 12.4. The third-order valence-corrected chi connectivity index (χ3v) is 7.18. The second kappa shape index (κ2) is 16.7. The summed E-state index contributed by atoms with van der Waals surface area (Å²) in [4.78, 5) is 39.2. The van der Waals surface area contributed by atoms with Crippen LogP contribution >= 0.6 is 0 Å². The molecule has 254 valence electrons. The van der Waals surface area contributed by atoms with E-state index in [1.54, 1.807) is 32.9 Å². The Balaban J connectivity index is 1.44. The number of carbonyl (C=O) groups excluding carboxylic acids is 3. The molecular formula is C33H47N3O10. The first-order chi connectivity index (χ1) is 21.7. The smallest absolute Gasteiger partial charge is 0.410 e. The Morgan fingerprint density at radius 3 is 2.26 bits per heavy atom. The van der Waals surface area contributed by atoms with Gasteiger partial charge in [0.05, 0.1) is 6.61 Å². The zero-order valence-corrected chi connectivity index (χ0v) is 26.7. The summed E-state index contributed by atoms with van der Waals surface area (Å²) in [5, 5.41) is 45.9. The number of hydrogen-bond donors (Lipinski definition) is 6. The van der Waals surface area contributed by atoms with Crippen LogP contribution in [0.5, 0.6) is 5.75 Å². The van der Waals surface area contributed by atoms with Gasteiger partial charge in [0.2, 0.25) is 5.91 Å². The number of amides is 3. The van der Waals surface area contributed by atoms with Gasteiger partial charge >= 0.3 is 12.1 Å². The predicted molar refractivity (Wildman–Crippen MR) is 169 cm³/mol. The molecule has 6 N–H and O–H groups in total. The van der Waals surface area contributed by atoms with Gasteiger partial charge in [0, 0.05) is 56.3 Å². The summed E-state index contributed by atoms with van der Waals surface area (Å²) in [5.74, 6) is -6.48. The number of carbonyl (C=O) groups is 3. The summed E-state index contributed by atoms with van der Waals surface area (Å²) in [7, 11) is 0. The number of unbranched alkanes of at least 4 members (excludes halogenated alkanes) is 3. The molecule has 0 bridgehead atoms. The highest BCUT2D eigenvalue weighted by Gasteiger charge is 2.57. The number of nitrogens with zero attached hydrogens (tertiary/aromatic N) is 1. The quantitative estimate of drug-likeness (QED) is 0.124. The third kappa shape index (κ3) is 11.6. The van der Waals surface area contributed by atoms with Crippen molar-refractivity contribution in [1.82, 2.24) is 10.2 Å². The summed E-state index contributed by atoms with van der Waals surface area (Å²) < 4.78 is 16.0. The fourth-order valence-corrected chi connectivity index (χ4v) is 4.69. The first-order valence-corrected chi connectivity index (χ1v) is 15.5. The lowest BCUT2D eigenvalue weighted by atomic mass is 9.96. The molecule has 0 aromatic heterocycles. The molecule has 3 rings (SSSR count). The predicted octanol–water partition coefficient (Wildman–Crippen LogP) is 2.98. The van der Waals surface area contributed by atoms with E-state index >= 15 is 0 Å². The van der Waals surface area contributed by atoms with Gasteiger partial charge in [0.25, 0.3) is 11.7 Å². The molecule has 1 aliphatic heterocycles. The molecule has 13 heteroatoms. The van der Waals surface area contributed by atoms with Crippen LogP contribution in [0.1, 0.15) is 69.7 Å². The summed E-state index contributed by atoms with van der Waals surface area (Å²) >= 11 is 0. The van der Waals surface area contributed by atoms with E-state index in [9.17, 15) is 34.8 Å². The minimum absolute atomic E-state index is 0.0141. The number of ether oxygens (including phenoxy) is 3. The third-order valence-electron chi connectivity index (χ3n) is 7.18. The Morgan fingerprint density at radius 2 is 1.63 bits per heavy atom. The van der Waals surface area contributed by atoms with Crippen LogP contribution in [0.3, 0.4) is 0 Å². The molecule has 3 amide bonds. The van der Waals surface area contributed by atoms with Crippen molar-refractivity contribution in [3.05, 3.63) is 60.2 Å². The minimum Gasteiger partial charge on any atom is -0.444 e. The van der Waals surface area contributed by atoms with Crippen LogP contribution in [-0.2, 0) is 14.3 Å². The van der Waals surface area contributed by atoms with Gasteiger partial charge in [0.1, 0.15) is 11.4 Å². The van der Waals surface area contributed by atoms with Crippen molar-refractivity contribution < 1.29 is 49.0 Å². The maximum absolute atomic E-state index is 12.8. The second-order valence-corrected chi connectivity index (χ2v) is 12.4. The van der Waals surface area contributed by atoms with Crippen molar-refractivity contribution in [2.24, 2.45) is 5.92 Å². The Kier molecular flexibility index (Phi) is 13.3. The molecular weight excluding hydrogens is 598 g/mol. The molecule has 1 heterocycles. The monoisotopic (exact) mass is 645 g/mol. The van der Waals surface area contributed by atoms with Crippen LogP contribution in [0.2, 0.25) is 0 Å². The Hall–Kier alpha value is -3.75. The number of rotatable bonds is 15. The fourth-order valence-electron chi connectivity index (χ4n) is 4.69. The van der Waals surface area contributed by atoms with E-state index in [0.29, 0.717) is 30.8 Å². The van der Waals surface area contributed by atoms with Crippen molar-refractivity contribution in [2.45, 2.75) is 76.7 Å². The van der Waals surface area contributed by atoms with Crippen molar-refractivity contribution in [2.75, 3.05) is 38.2 Å². The number of nitrogens with one attached hydrogen (secondary N) is 2. The molecule has 1 fully saturated rings. The summed E-state index contributed by atoms with van der Waals surface area (Å²) in [5.41, 5.74) is 0.339. The molecule has 0 radical (unpaired) electrons. The van der Waals surface area contributed by atoms with Crippen LogP contribution < -0.4 is 15.4 Å². The molecule has 46 heavy (non-hydrogen) atoms. The van der Waals surface area contributed by atoms with Gasteiger partial charge in [0.15, 0.2) is 0 Å². The van der Waals surface area contributed by atoms with Gasteiger partial charge in [-0.15, -0.1) is 0 Å². The van der Waals surface area contributed by atoms with Gasteiger partial charge in [-0.05, 0) is 70.0 Å². The maximum atomic E-state index is 12.8. The summed E-state index contributed by atoms with van der Waals surface area (Å²) in [6.07, 6.45) is 2.35. The lowest BCUT2D eigenvalue weighted by Gasteiger charge is -2.43. The highest BCUT2D eigenvalue weighted by Crippen LogP contribution is 2.36. The number of anilines is 1. The average molecular weight is 646 g/mol. The molecule has 1 saturated heterocycles. The van der Waals surface area contributed by atoms with Gasteiger partial charge in [-0.2, -0.15) is 0 Å². The van der Waals surface area contributed by atoms with Gasteiger partial charge in [-0.1, -0.05) is 31.0 Å². The number of aliphatic hydroxyl groups is 4. The molecule has 0 aliphatic carbocycles. The normalized spacial score (nSPS) is 19.2. The van der Waals surface area contributed by atoms with Gasteiger partial charge in [-0.3, -0.25) is 9.59 Å². The number of hydrogen-bond acceptors (Lipinski definition) is 10. The topological polar surface area (TPSA) is 187 Å². The zero-order valence-electron chi connectivity index (χ0n) is 26.7. The molecule has 2 aromatic carbocycles. The van der Waals surface area contributed by atoms with Crippen molar-refractivity contribution in [1.29, 1.82) is 0 Å². The summed E-state index contributed by atoms with van der Waals surface area (Å²) in [6.45, 7) is 5.95. The van der Waals surface area contributed by atoms with E-state index in [2.05, 4.69) is 10.6 Å². The molecule has 2 atom stereocenters. The molecule has 2 unspecified atom stereocenters. The van der Waals surface area contributed by atoms with E-state index < -0.39 is 29.4 Å². The Labute approximate surface area is 269 Å². The molecule has 13 nitrogen and oxygen atoms in total. The van der Waals surface area contributed by atoms with E-state index in [-0.39, 0.29) is 50.2 Å². The number of aliphatic hydroxyl groups excluding tert-OH is 1. The average Bonchev–Trinajstić information content (AvgIpc) is 3.00. The van der Waals surface area contributed by atoms with Crippen LogP contribution in [-0.4, -0.2) is 93.4 Å². The SMILES string of the molecule is CC(C)(C)OC(=O)N(CCCCCCNC(=O)c1ccccc1)CCC(=O)Nc1ccc(OC2(O)OCC(CO)CC2(O)O)cc1. The molecule has 0 saturated carbocycles. The Bertz CT molecular complexity index is 1270. The van der Waals surface area contributed by atoms with E-state index in [4.69, 9.17) is 14.2 Å². The highest BCUT2D eigenvalue weighted by molar-refractivity contribution is 5.94. The molecule has 2 aromatic rings. The lowest BCUT2D eigenvalue weighted by Crippen LogP contribution is -2.64. The van der Waals surface area contributed by atoms with Crippen molar-refractivity contribution in [3.63, 3.8) is 0 Å². The first kappa shape index (κ1) is 36.7. The summed E-state index contributed by atoms with van der Waals surface area (Å²) in [6, 6.07) is 14.8. The van der Waals surface area contributed by atoms with Gasteiger partial charge < -0.3 is 50.2 Å².